The second-order valence-electron chi connectivity index (χ2n) is 17.0. The first-order valence-corrected chi connectivity index (χ1v) is 23.3. The van der Waals surface area contributed by atoms with Crippen molar-refractivity contribution in [3.63, 3.8) is 0 Å². The molecule has 0 amide bonds. The van der Waals surface area contributed by atoms with E-state index in [1.165, 1.54) is 72.8 Å². The summed E-state index contributed by atoms with van der Waals surface area (Å²) >= 11 is 0. The van der Waals surface area contributed by atoms with E-state index in [1.54, 1.807) is 0 Å². The average Bonchev–Trinajstić information content (AvgIpc) is 3.19. The molecule has 1 aliphatic heterocycles. The summed E-state index contributed by atoms with van der Waals surface area (Å²) in [4.78, 5) is 9.50. The molecule has 4 aromatic carbocycles. The molecule has 0 fully saturated rings. The predicted octanol–water partition coefficient (Wildman–Crippen LogP) is 11.9. The molecule has 4 atom stereocenters. The van der Waals surface area contributed by atoms with Crippen LogP contribution in [0.2, 0.25) is 0 Å². The van der Waals surface area contributed by atoms with Gasteiger partial charge in [0.05, 0.1) is 0 Å². The first-order valence-electron chi connectivity index (χ1n) is 21.2. The predicted molar refractivity (Wildman–Crippen MR) is 238 cm³/mol. The van der Waals surface area contributed by atoms with Crippen molar-refractivity contribution in [3.05, 3.63) is 126 Å². The summed E-state index contributed by atoms with van der Waals surface area (Å²) in [5.41, 5.74) is 5.07. The van der Waals surface area contributed by atoms with Crippen molar-refractivity contribution in [2.45, 2.75) is 130 Å². The van der Waals surface area contributed by atoms with Gasteiger partial charge in [0, 0.05) is 5.56 Å². The van der Waals surface area contributed by atoms with Crippen LogP contribution in [-0.2, 0) is 16.2 Å². The van der Waals surface area contributed by atoms with Crippen LogP contribution in [0.15, 0.2) is 104 Å². The Morgan fingerprint density at radius 1 is 0.714 bits per heavy atom. The first-order chi connectivity index (χ1) is 27.0. The van der Waals surface area contributed by atoms with Crippen LogP contribution in [0.3, 0.4) is 0 Å². The van der Waals surface area contributed by atoms with Gasteiger partial charge in [-0.25, -0.2) is 0 Å². The van der Waals surface area contributed by atoms with Gasteiger partial charge in [0.1, 0.15) is 30.3 Å². The molecule has 1 N–H and O–H groups in total. The number of fused-ring (bicyclic) bond motifs is 1. The standard InChI is InChI=1S/C50H69O5P/c1-37(23-19-25-39(3)56(44-26-12-9-13-27-44,45-28-14-10-15-29-45)46-30-16-11-17-31-46)21-18-22-38(2)24-20-33-50(8)34-32-47-42(6)48(40(4)41(5)49(47)54-50)52-35-36-53-55-43(7)51/h9-17,26-31,37-39,51,56H,7,18-25,32-36H2,1-6,8H3. The normalized spacial score (nSPS) is 17.3. The molecular formula is C50H69O5P. The number of ether oxygens (including phenoxy) is 2. The molecule has 1 aliphatic rings. The third kappa shape index (κ3) is 10.8. The summed E-state index contributed by atoms with van der Waals surface area (Å²) in [5.74, 6) is 2.94. The van der Waals surface area contributed by atoms with E-state index in [1.807, 2.05) is 0 Å². The van der Waals surface area contributed by atoms with E-state index < -0.39 is 13.2 Å². The van der Waals surface area contributed by atoms with Crippen molar-refractivity contribution in [1.82, 2.24) is 0 Å². The Labute approximate surface area is 339 Å². The smallest absolute Gasteiger partial charge is 0.487 e. The number of aliphatic hydroxyl groups excluding tert-OH is 1. The van der Waals surface area contributed by atoms with Crippen molar-refractivity contribution in [1.29, 1.82) is 0 Å². The average molecular weight is 781 g/mol. The monoisotopic (exact) mass is 780 g/mol. The number of aliphatic hydroxyl groups is 1. The third-order valence-electron chi connectivity index (χ3n) is 12.7. The Bertz CT molecular complexity index is 1710. The maximum Gasteiger partial charge on any atom is -0.487 e. The van der Waals surface area contributed by atoms with Gasteiger partial charge in [-0.15, -0.1) is 0 Å². The first kappa shape index (κ1) is 43.3. The number of benzene rings is 4. The number of rotatable bonds is 22. The van der Waals surface area contributed by atoms with Gasteiger partial charge in [-0.05, 0) is 63.8 Å². The zero-order valence-corrected chi connectivity index (χ0v) is 36.4. The Morgan fingerprint density at radius 2 is 1.21 bits per heavy atom. The summed E-state index contributed by atoms with van der Waals surface area (Å²) in [6, 6.07) is 34.2. The van der Waals surface area contributed by atoms with E-state index in [0.717, 1.165) is 59.3 Å². The number of hydrogen-bond acceptors (Lipinski definition) is 5. The fraction of sp³-hybridized carbons (Fsp3) is 0.480. The van der Waals surface area contributed by atoms with Gasteiger partial charge in [-0.2, -0.15) is 4.89 Å². The van der Waals surface area contributed by atoms with Gasteiger partial charge < -0.3 is 14.6 Å². The van der Waals surface area contributed by atoms with E-state index in [4.69, 9.17) is 19.5 Å². The van der Waals surface area contributed by atoms with Crippen molar-refractivity contribution in [2.75, 3.05) is 13.2 Å². The largest absolute Gasteiger partial charge is 0.487 e. The molecule has 6 heteroatoms. The van der Waals surface area contributed by atoms with Crippen LogP contribution in [-0.4, -0.2) is 29.6 Å². The maximum atomic E-state index is 9.03. The summed E-state index contributed by atoms with van der Waals surface area (Å²) in [6.45, 7) is 19.9. The Balaban J connectivity index is 1.07. The van der Waals surface area contributed by atoms with E-state index in [-0.39, 0.29) is 12.2 Å². The summed E-state index contributed by atoms with van der Waals surface area (Å²) in [7, 11) is -2.24. The molecule has 4 aromatic rings. The Morgan fingerprint density at radius 3 is 1.73 bits per heavy atom. The Hall–Kier alpha value is -3.79. The van der Waals surface area contributed by atoms with Crippen LogP contribution in [0.1, 0.15) is 114 Å². The Kier molecular flexibility index (Phi) is 15.9. The SMILES string of the molecule is C=C(O)OOCCOc1c(C)c(C)c2c(c1C)CCC(C)(CCCC(C)CCCC(C)CCCC(C)[PH](c1ccccc1)(c1ccccc1)c1ccccc1)O2. The molecule has 56 heavy (non-hydrogen) atoms. The van der Waals surface area contributed by atoms with Crippen LogP contribution in [0, 0.1) is 32.6 Å². The molecule has 0 saturated carbocycles. The van der Waals surface area contributed by atoms with Crippen molar-refractivity contribution < 1.29 is 24.4 Å². The van der Waals surface area contributed by atoms with Gasteiger partial charge in [0.2, 0.25) is 0 Å². The maximum absolute atomic E-state index is 9.03. The molecule has 1 heterocycles. The van der Waals surface area contributed by atoms with Gasteiger partial charge >= 0.3 is 216 Å². The second kappa shape index (κ2) is 20.6. The van der Waals surface area contributed by atoms with Gasteiger partial charge in [-0.3, -0.25) is 4.89 Å². The second-order valence-corrected chi connectivity index (χ2v) is 21.3. The van der Waals surface area contributed by atoms with Gasteiger partial charge in [0.25, 0.3) is 0 Å². The number of hydrogen-bond donors (Lipinski definition) is 1. The molecule has 0 saturated heterocycles. The van der Waals surface area contributed by atoms with Crippen LogP contribution < -0.4 is 25.4 Å². The zero-order chi connectivity index (χ0) is 40.1. The van der Waals surface area contributed by atoms with Crippen LogP contribution in [0.25, 0.3) is 0 Å². The molecule has 0 radical (unpaired) electrons. The minimum Gasteiger partial charge on any atom is -0.487 e. The quantitative estimate of drug-likeness (QED) is 0.0283. The fourth-order valence-corrected chi connectivity index (χ4v) is 14.8. The van der Waals surface area contributed by atoms with E-state index in [0.29, 0.717) is 12.3 Å². The van der Waals surface area contributed by atoms with Crippen molar-refractivity contribution in [2.24, 2.45) is 11.8 Å². The van der Waals surface area contributed by atoms with Crippen LogP contribution >= 0.6 is 7.26 Å². The molecule has 0 aromatic heterocycles. The van der Waals surface area contributed by atoms with Gasteiger partial charge in [0.15, 0.2) is 0 Å². The van der Waals surface area contributed by atoms with Crippen LogP contribution in [0.5, 0.6) is 11.5 Å². The molecule has 4 unspecified atom stereocenters. The molecule has 5 rings (SSSR count). The summed E-state index contributed by atoms with van der Waals surface area (Å²) in [6.07, 6.45) is 13.3. The molecule has 0 bridgehead atoms. The molecule has 0 spiro atoms. The molecular weight excluding hydrogens is 712 g/mol. The van der Waals surface area contributed by atoms with E-state index in [2.05, 4.69) is 151 Å². The van der Waals surface area contributed by atoms with Crippen molar-refractivity contribution >= 4 is 23.2 Å². The summed E-state index contributed by atoms with van der Waals surface area (Å²) < 4.78 is 12.9. The van der Waals surface area contributed by atoms with E-state index >= 15 is 0 Å². The minimum absolute atomic E-state index is 0.149. The van der Waals surface area contributed by atoms with E-state index in [9.17, 15) is 0 Å². The molecule has 5 nitrogen and oxygen atoms in total. The molecule has 304 valence electrons. The van der Waals surface area contributed by atoms with Crippen LogP contribution in [0.4, 0.5) is 0 Å². The fourth-order valence-electron chi connectivity index (χ4n) is 9.34. The van der Waals surface area contributed by atoms with Gasteiger partial charge in [-0.1, -0.05) is 0 Å². The van der Waals surface area contributed by atoms with Crippen molar-refractivity contribution in [3.8, 4) is 11.5 Å². The topological polar surface area (TPSA) is 57.2 Å². The third-order valence-corrected chi connectivity index (χ3v) is 18.2. The zero-order valence-electron chi connectivity index (χ0n) is 35.4. The minimum atomic E-state index is -2.24. The summed E-state index contributed by atoms with van der Waals surface area (Å²) in [5, 5.41) is 13.6. The molecule has 0 aliphatic carbocycles.